The van der Waals surface area contributed by atoms with E-state index in [1.807, 2.05) is 34.9 Å². The summed E-state index contributed by atoms with van der Waals surface area (Å²) in [6.07, 6.45) is 0.954. The summed E-state index contributed by atoms with van der Waals surface area (Å²) >= 11 is 0. The molecule has 15 heavy (non-hydrogen) atoms. The summed E-state index contributed by atoms with van der Waals surface area (Å²) in [5.41, 5.74) is 5.64. The number of nitrogens with two attached hydrogens (primary N) is 1. The van der Waals surface area contributed by atoms with E-state index in [1.165, 1.54) is 0 Å². The number of nitrogens with zero attached hydrogens (tertiary/aromatic N) is 1. The highest BCUT2D eigenvalue weighted by molar-refractivity contribution is 5.82. The first kappa shape index (κ1) is 14.4. The van der Waals surface area contributed by atoms with Gasteiger partial charge in [0.2, 0.25) is 5.91 Å². The van der Waals surface area contributed by atoms with Crippen molar-refractivity contribution >= 4 is 5.91 Å². The van der Waals surface area contributed by atoms with Crippen LogP contribution in [-0.2, 0) is 4.79 Å². The number of rotatable bonds is 5. The van der Waals surface area contributed by atoms with Crippen molar-refractivity contribution in [1.82, 2.24) is 10.2 Å². The molecular weight excluding hydrogens is 190 g/mol. The minimum atomic E-state index is -0.433. The van der Waals surface area contributed by atoms with E-state index in [-0.39, 0.29) is 11.3 Å². The standard InChI is InChI=1S/C11H25N3O/c1-11(2,3)9(12)10(15)13-7-6-8-14(4)5/h9H,6-8,12H2,1-5H3,(H,13,15). The Morgan fingerprint density at radius 1 is 1.40 bits per heavy atom. The van der Waals surface area contributed by atoms with Crippen LogP contribution in [0.15, 0.2) is 0 Å². The van der Waals surface area contributed by atoms with Gasteiger partial charge in [-0.1, -0.05) is 20.8 Å². The lowest BCUT2D eigenvalue weighted by molar-refractivity contribution is -0.124. The highest BCUT2D eigenvalue weighted by Crippen LogP contribution is 2.16. The predicted octanol–water partition coefficient (Wildman–Crippen LogP) is 0.428. The van der Waals surface area contributed by atoms with Gasteiger partial charge in [0.05, 0.1) is 6.04 Å². The Balaban J connectivity index is 3.75. The fraction of sp³-hybridized carbons (Fsp3) is 0.909. The zero-order chi connectivity index (χ0) is 12.1. The second kappa shape index (κ2) is 6.08. The van der Waals surface area contributed by atoms with E-state index in [2.05, 4.69) is 10.2 Å². The van der Waals surface area contributed by atoms with Crippen LogP contribution in [0.25, 0.3) is 0 Å². The Morgan fingerprint density at radius 2 is 1.93 bits per heavy atom. The molecule has 4 nitrogen and oxygen atoms in total. The average Bonchev–Trinajstić information content (AvgIpc) is 2.09. The van der Waals surface area contributed by atoms with Gasteiger partial charge in [-0.3, -0.25) is 4.79 Å². The smallest absolute Gasteiger partial charge is 0.237 e. The number of hydrogen-bond acceptors (Lipinski definition) is 3. The SMILES string of the molecule is CN(C)CCCNC(=O)C(N)C(C)(C)C. The third-order valence-electron chi connectivity index (χ3n) is 2.30. The summed E-state index contributed by atoms with van der Waals surface area (Å²) < 4.78 is 0. The molecule has 1 atom stereocenters. The van der Waals surface area contributed by atoms with Crippen LogP contribution in [0, 0.1) is 5.41 Å². The van der Waals surface area contributed by atoms with Gasteiger partial charge in [-0.2, -0.15) is 0 Å². The molecule has 1 unspecified atom stereocenters. The van der Waals surface area contributed by atoms with Crippen LogP contribution in [0.1, 0.15) is 27.2 Å². The molecule has 0 fully saturated rings. The molecule has 0 rings (SSSR count). The molecule has 3 N–H and O–H groups in total. The molecule has 0 spiro atoms. The maximum atomic E-state index is 11.6. The van der Waals surface area contributed by atoms with E-state index < -0.39 is 6.04 Å². The van der Waals surface area contributed by atoms with Crippen molar-refractivity contribution in [2.45, 2.75) is 33.2 Å². The predicted molar refractivity (Wildman–Crippen MR) is 63.6 cm³/mol. The summed E-state index contributed by atoms with van der Waals surface area (Å²) in [5.74, 6) is -0.0544. The molecule has 0 aromatic rings. The van der Waals surface area contributed by atoms with Crippen molar-refractivity contribution in [3.05, 3.63) is 0 Å². The fourth-order valence-corrected chi connectivity index (χ4v) is 1.11. The van der Waals surface area contributed by atoms with Crippen LogP contribution >= 0.6 is 0 Å². The highest BCUT2D eigenvalue weighted by Gasteiger charge is 2.26. The van der Waals surface area contributed by atoms with Gasteiger partial charge in [0.25, 0.3) is 0 Å². The topological polar surface area (TPSA) is 58.4 Å². The summed E-state index contributed by atoms with van der Waals surface area (Å²) in [6.45, 7) is 7.58. The van der Waals surface area contributed by atoms with Crippen LogP contribution in [0.4, 0.5) is 0 Å². The van der Waals surface area contributed by atoms with Crippen LogP contribution in [-0.4, -0.2) is 44.0 Å². The Hall–Kier alpha value is -0.610. The molecule has 0 radical (unpaired) electrons. The van der Waals surface area contributed by atoms with Crippen LogP contribution in [0.2, 0.25) is 0 Å². The van der Waals surface area contributed by atoms with E-state index >= 15 is 0 Å². The molecule has 0 bridgehead atoms. The number of nitrogens with one attached hydrogen (secondary N) is 1. The van der Waals surface area contributed by atoms with Crippen LogP contribution in [0.5, 0.6) is 0 Å². The van der Waals surface area contributed by atoms with Crippen molar-refractivity contribution < 1.29 is 4.79 Å². The first-order chi connectivity index (χ1) is 6.75. The van der Waals surface area contributed by atoms with Crippen LogP contribution in [0.3, 0.4) is 0 Å². The molecule has 0 aromatic carbocycles. The number of amides is 1. The fourth-order valence-electron chi connectivity index (χ4n) is 1.11. The van der Waals surface area contributed by atoms with E-state index in [0.717, 1.165) is 13.0 Å². The minimum Gasteiger partial charge on any atom is -0.355 e. The molecule has 0 aliphatic heterocycles. The molecule has 0 aliphatic carbocycles. The van der Waals surface area contributed by atoms with Crippen molar-refractivity contribution in [2.75, 3.05) is 27.2 Å². The highest BCUT2D eigenvalue weighted by atomic mass is 16.2. The lowest BCUT2D eigenvalue weighted by Crippen LogP contribution is -2.48. The third-order valence-corrected chi connectivity index (χ3v) is 2.30. The van der Waals surface area contributed by atoms with Gasteiger partial charge < -0.3 is 16.0 Å². The normalized spacial score (nSPS) is 14.1. The van der Waals surface area contributed by atoms with Gasteiger partial charge >= 0.3 is 0 Å². The lowest BCUT2D eigenvalue weighted by Gasteiger charge is -2.25. The van der Waals surface area contributed by atoms with E-state index in [4.69, 9.17) is 5.73 Å². The van der Waals surface area contributed by atoms with Gasteiger partial charge in [-0.05, 0) is 32.5 Å². The molecule has 0 saturated heterocycles. The monoisotopic (exact) mass is 215 g/mol. The Labute approximate surface area is 93.2 Å². The first-order valence-electron chi connectivity index (χ1n) is 5.43. The number of hydrogen-bond donors (Lipinski definition) is 2. The van der Waals surface area contributed by atoms with Crippen molar-refractivity contribution in [3.8, 4) is 0 Å². The second-order valence-corrected chi connectivity index (χ2v) is 5.29. The maximum absolute atomic E-state index is 11.6. The molecular formula is C11H25N3O. The Kier molecular flexibility index (Phi) is 5.83. The van der Waals surface area contributed by atoms with Gasteiger partial charge in [0.1, 0.15) is 0 Å². The van der Waals surface area contributed by atoms with Crippen LogP contribution < -0.4 is 11.1 Å². The maximum Gasteiger partial charge on any atom is 0.237 e. The largest absolute Gasteiger partial charge is 0.355 e. The van der Waals surface area contributed by atoms with E-state index in [1.54, 1.807) is 0 Å². The minimum absolute atomic E-state index is 0.0544. The third kappa shape index (κ3) is 6.47. The molecule has 0 aliphatic rings. The van der Waals surface area contributed by atoms with Gasteiger partial charge in [0.15, 0.2) is 0 Å². The summed E-state index contributed by atoms with van der Waals surface area (Å²) in [6, 6.07) is -0.433. The Morgan fingerprint density at radius 3 is 2.33 bits per heavy atom. The zero-order valence-corrected chi connectivity index (χ0v) is 10.6. The van der Waals surface area contributed by atoms with E-state index in [0.29, 0.717) is 6.54 Å². The average molecular weight is 215 g/mol. The van der Waals surface area contributed by atoms with Gasteiger partial charge in [-0.25, -0.2) is 0 Å². The van der Waals surface area contributed by atoms with E-state index in [9.17, 15) is 4.79 Å². The molecule has 1 amide bonds. The summed E-state index contributed by atoms with van der Waals surface area (Å²) in [4.78, 5) is 13.7. The molecule has 0 aromatic heterocycles. The number of carbonyl (C=O) groups excluding carboxylic acids is 1. The molecule has 4 heteroatoms. The van der Waals surface area contributed by atoms with Crippen molar-refractivity contribution in [2.24, 2.45) is 11.1 Å². The summed E-state index contributed by atoms with van der Waals surface area (Å²) in [5, 5.41) is 2.85. The Bertz CT molecular complexity index is 196. The zero-order valence-electron chi connectivity index (χ0n) is 10.6. The first-order valence-corrected chi connectivity index (χ1v) is 5.43. The molecule has 0 saturated carbocycles. The number of carbonyl (C=O) groups is 1. The van der Waals surface area contributed by atoms with Gasteiger partial charge in [-0.15, -0.1) is 0 Å². The second-order valence-electron chi connectivity index (χ2n) is 5.29. The molecule has 0 heterocycles. The van der Waals surface area contributed by atoms with Crippen molar-refractivity contribution in [3.63, 3.8) is 0 Å². The van der Waals surface area contributed by atoms with Crippen molar-refractivity contribution in [1.29, 1.82) is 0 Å². The quantitative estimate of drug-likeness (QED) is 0.654. The summed E-state index contributed by atoms with van der Waals surface area (Å²) in [7, 11) is 4.03. The lowest BCUT2D eigenvalue weighted by atomic mass is 9.87. The van der Waals surface area contributed by atoms with Gasteiger partial charge in [0, 0.05) is 6.54 Å². The molecule has 90 valence electrons.